The number of carboxylic acid groups (broad SMARTS) is 1. The van der Waals surface area contributed by atoms with Crippen LogP contribution < -0.4 is 9.64 Å². The van der Waals surface area contributed by atoms with E-state index in [1.54, 1.807) is 0 Å². The number of nitrogens with zero attached hydrogens (tertiary/aromatic N) is 1. The van der Waals surface area contributed by atoms with E-state index < -0.39 is 21.8 Å². The average molecular weight is 477 g/mol. The lowest BCUT2D eigenvalue weighted by Gasteiger charge is -2.35. The molecule has 0 fully saturated rings. The van der Waals surface area contributed by atoms with E-state index in [9.17, 15) is 22.6 Å². The van der Waals surface area contributed by atoms with Crippen molar-refractivity contribution in [1.29, 1.82) is 0 Å². The van der Waals surface area contributed by atoms with Crippen molar-refractivity contribution in [3.8, 4) is 5.75 Å². The van der Waals surface area contributed by atoms with Crippen LogP contribution in [0.15, 0.2) is 35.6 Å². The summed E-state index contributed by atoms with van der Waals surface area (Å²) >= 11 is 0. The quantitative estimate of drug-likeness (QED) is 0.378. The third-order valence-corrected chi connectivity index (χ3v) is 6.71. The largest absolute Gasteiger partial charge is 0.748 e. The summed E-state index contributed by atoms with van der Waals surface area (Å²) in [6.07, 6.45) is 6.33. The van der Waals surface area contributed by atoms with Gasteiger partial charge in [-0.3, -0.25) is 9.59 Å². The number of aliphatic carboxylic acids is 1. The number of benzene rings is 1. The van der Waals surface area contributed by atoms with E-state index in [2.05, 4.69) is 0 Å². The molecule has 0 bridgehead atoms. The van der Waals surface area contributed by atoms with E-state index >= 15 is 0 Å². The summed E-state index contributed by atoms with van der Waals surface area (Å²) in [5, 5.41) is 8.80. The van der Waals surface area contributed by atoms with Gasteiger partial charge >= 0.3 is 5.97 Å². The second kappa shape index (κ2) is 10.1. The number of rotatable bonds is 11. The fourth-order valence-corrected chi connectivity index (χ4v) is 4.73. The van der Waals surface area contributed by atoms with Crippen molar-refractivity contribution in [2.75, 3.05) is 23.7 Å². The Labute approximate surface area is 194 Å². The number of ketones is 1. The van der Waals surface area contributed by atoms with Gasteiger partial charge in [0, 0.05) is 66.1 Å². The zero-order chi connectivity index (χ0) is 24.2. The van der Waals surface area contributed by atoms with Crippen LogP contribution in [-0.4, -0.2) is 48.7 Å². The fourth-order valence-electron chi connectivity index (χ4n) is 4.25. The van der Waals surface area contributed by atoms with E-state index in [-0.39, 0.29) is 24.0 Å². The first-order chi connectivity index (χ1) is 15.4. The maximum Gasteiger partial charge on any atom is 0.303 e. The van der Waals surface area contributed by atoms with Crippen molar-refractivity contribution in [2.24, 2.45) is 5.41 Å². The third-order valence-electron chi connectivity index (χ3n) is 5.93. The highest BCUT2D eigenvalue weighted by Gasteiger charge is 2.36. The Morgan fingerprint density at radius 2 is 1.88 bits per heavy atom. The summed E-state index contributed by atoms with van der Waals surface area (Å²) in [6, 6.07) is 5.72. The number of hydrogen-bond donors (Lipinski definition) is 1. The maximum atomic E-state index is 12.1. The van der Waals surface area contributed by atoms with Crippen molar-refractivity contribution in [2.45, 2.75) is 52.4 Å². The molecular formula is C24H30NO7S-. The molecule has 0 saturated carbocycles. The van der Waals surface area contributed by atoms with Gasteiger partial charge in [-0.2, -0.15) is 0 Å². The van der Waals surface area contributed by atoms with Gasteiger partial charge in [-0.25, -0.2) is 8.42 Å². The highest BCUT2D eigenvalue weighted by atomic mass is 32.2. The van der Waals surface area contributed by atoms with Gasteiger partial charge in [0.25, 0.3) is 0 Å². The molecule has 1 heterocycles. The number of carbonyl (C=O) groups is 2. The van der Waals surface area contributed by atoms with Crippen LogP contribution in [0.25, 0.3) is 6.08 Å². The standard InChI is InChI=1S/C24H31NO7S/c1-24(2)16-19(26)15-22-20(24)13-17-8-9-18(14-21(17)32-22)25(11-6-12-33(29,30)31)10-5-3-4-7-23(27)28/h8-9,13-15H,3-7,10-12,16H2,1-2H3,(H,27,28)(H,29,30,31)/p-1. The lowest BCUT2D eigenvalue weighted by Crippen LogP contribution is -2.29. The number of hydrogen-bond acceptors (Lipinski definition) is 7. The van der Waals surface area contributed by atoms with Crippen LogP contribution in [0, 0.1) is 5.41 Å². The minimum Gasteiger partial charge on any atom is -0.748 e. The van der Waals surface area contributed by atoms with Gasteiger partial charge in [0.05, 0.1) is 10.1 Å². The highest BCUT2D eigenvalue weighted by Crippen LogP contribution is 2.45. The molecule has 9 heteroatoms. The van der Waals surface area contributed by atoms with Crippen LogP contribution in [0.3, 0.4) is 0 Å². The molecule has 1 aromatic carbocycles. The molecule has 1 aliphatic carbocycles. The zero-order valence-electron chi connectivity index (χ0n) is 19.0. The predicted octanol–water partition coefficient (Wildman–Crippen LogP) is 3.73. The summed E-state index contributed by atoms with van der Waals surface area (Å²) in [7, 11) is -4.30. The Balaban J connectivity index is 1.79. The zero-order valence-corrected chi connectivity index (χ0v) is 19.8. The number of carboxylic acids is 1. The normalized spacial score (nSPS) is 16.8. The van der Waals surface area contributed by atoms with Crippen molar-refractivity contribution < 1.29 is 32.4 Å². The molecular weight excluding hydrogens is 446 g/mol. The smallest absolute Gasteiger partial charge is 0.303 e. The molecule has 1 aromatic rings. The molecule has 2 aliphatic rings. The van der Waals surface area contributed by atoms with E-state index in [0.717, 1.165) is 29.7 Å². The molecule has 0 radical (unpaired) electrons. The average Bonchev–Trinajstić information content (AvgIpc) is 2.69. The molecule has 8 nitrogen and oxygen atoms in total. The number of carbonyl (C=O) groups excluding carboxylic acids is 1. The lowest BCUT2D eigenvalue weighted by molar-refractivity contribution is -0.137. The van der Waals surface area contributed by atoms with Crippen molar-refractivity contribution in [3.63, 3.8) is 0 Å². The van der Waals surface area contributed by atoms with Gasteiger partial charge in [-0.1, -0.05) is 20.3 Å². The first kappa shape index (κ1) is 25.0. The molecule has 33 heavy (non-hydrogen) atoms. The minimum absolute atomic E-state index is 0.0218. The fraction of sp³-hybridized carbons (Fsp3) is 0.500. The molecule has 180 valence electrons. The topological polar surface area (TPSA) is 124 Å². The number of allylic oxidation sites excluding steroid dienone is 2. The van der Waals surface area contributed by atoms with Crippen LogP contribution in [0.1, 0.15) is 57.9 Å². The number of fused-ring (bicyclic) bond motifs is 2. The summed E-state index contributed by atoms with van der Waals surface area (Å²) < 4.78 is 39.2. The third kappa shape index (κ3) is 6.91. The number of anilines is 1. The monoisotopic (exact) mass is 476 g/mol. The summed E-state index contributed by atoms with van der Waals surface area (Å²) in [6.45, 7) is 4.99. The first-order valence-corrected chi connectivity index (χ1v) is 12.7. The van der Waals surface area contributed by atoms with Crippen molar-refractivity contribution in [1.82, 2.24) is 0 Å². The van der Waals surface area contributed by atoms with E-state index in [1.165, 1.54) is 6.08 Å². The van der Waals surface area contributed by atoms with Gasteiger partial charge in [-0.15, -0.1) is 0 Å². The summed E-state index contributed by atoms with van der Waals surface area (Å²) in [5.74, 6) is -0.0851. The van der Waals surface area contributed by atoms with Crippen LogP contribution in [0.2, 0.25) is 0 Å². The van der Waals surface area contributed by atoms with Crippen LogP contribution in [0.4, 0.5) is 5.69 Å². The lowest BCUT2D eigenvalue weighted by atomic mass is 9.74. The predicted molar refractivity (Wildman–Crippen MR) is 124 cm³/mol. The Kier molecular flexibility index (Phi) is 7.64. The van der Waals surface area contributed by atoms with Gasteiger partial charge in [0.1, 0.15) is 11.5 Å². The van der Waals surface area contributed by atoms with Gasteiger partial charge in [0.15, 0.2) is 5.78 Å². The number of unbranched alkanes of at least 4 members (excludes halogenated alkanes) is 2. The van der Waals surface area contributed by atoms with E-state index in [4.69, 9.17) is 9.84 Å². The molecule has 1 aliphatic heterocycles. The van der Waals surface area contributed by atoms with Crippen LogP contribution >= 0.6 is 0 Å². The van der Waals surface area contributed by atoms with Gasteiger partial charge in [0.2, 0.25) is 0 Å². The van der Waals surface area contributed by atoms with Gasteiger partial charge < -0.3 is 19.3 Å². The van der Waals surface area contributed by atoms with Gasteiger partial charge in [-0.05, 0) is 37.5 Å². The first-order valence-electron chi connectivity index (χ1n) is 11.1. The minimum atomic E-state index is -4.30. The molecule has 0 spiro atoms. The van der Waals surface area contributed by atoms with Crippen molar-refractivity contribution >= 4 is 33.6 Å². The highest BCUT2D eigenvalue weighted by molar-refractivity contribution is 7.85. The molecule has 1 N–H and O–H groups in total. The van der Waals surface area contributed by atoms with Crippen LogP contribution in [-0.2, 0) is 19.7 Å². The Morgan fingerprint density at radius 1 is 1.15 bits per heavy atom. The second-order valence-corrected chi connectivity index (χ2v) is 10.7. The Bertz CT molecular complexity index is 1090. The summed E-state index contributed by atoms with van der Waals surface area (Å²) in [4.78, 5) is 24.8. The number of ether oxygens (including phenoxy) is 1. The molecule has 0 saturated heterocycles. The molecule has 0 aromatic heterocycles. The Hall–Kier alpha value is -2.65. The van der Waals surface area contributed by atoms with E-state index in [0.29, 0.717) is 37.4 Å². The molecule has 0 amide bonds. The maximum absolute atomic E-state index is 12.1. The van der Waals surface area contributed by atoms with Crippen molar-refractivity contribution in [3.05, 3.63) is 41.2 Å². The SMILES string of the molecule is CC1(C)CC(=O)C=C2Oc3cc(N(CCCCCC(=O)O)CCCS(=O)(=O)[O-])ccc3C=C21. The van der Waals surface area contributed by atoms with E-state index in [1.807, 2.05) is 43.0 Å². The second-order valence-electron chi connectivity index (χ2n) is 9.22. The molecule has 0 unspecified atom stereocenters. The summed E-state index contributed by atoms with van der Waals surface area (Å²) in [5.41, 5.74) is 2.38. The van der Waals surface area contributed by atoms with Crippen LogP contribution in [0.5, 0.6) is 5.75 Å². The molecule has 0 atom stereocenters. The molecule has 3 rings (SSSR count). The Morgan fingerprint density at radius 3 is 2.58 bits per heavy atom.